The van der Waals surface area contributed by atoms with Crippen LogP contribution >= 0.6 is 0 Å². The Balaban J connectivity index is 3.53. The highest BCUT2D eigenvalue weighted by molar-refractivity contribution is 5.38. The van der Waals surface area contributed by atoms with Crippen molar-refractivity contribution in [2.75, 3.05) is 0 Å². The monoisotopic (exact) mass is 171 g/mol. The van der Waals surface area contributed by atoms with Gasteiger partial charge in [-0.1, -0.05) is 20.8 Å². The predicted octanol–water partition coefficient (Wildman–Crippen LogP) is 2.53. The van der Waals surface area contributed by atoms with Crippen LogP contribution in [0.25, 0.3) is 0 Å². The number of hydrogen-bond donors (Lipinski definition) is 0. The summed E-state index contributed by atoms with van der Waals surface area (Å²) in [6, 6.07) is 0. The molecule has 0 aromatic rings. The summed E-state index contributed by atoms with van der Waals surface area (Å²) in [7, 11) is 0. The molecule has 0 N–H and O–H groups in total. The van der Waals surface area contributed by atoms with Crippen molar-refractivity contribution < 1.29 is 9.53 Å². The molecule has 0 aliphatic rings. The van der Waals surface area contributed by atoms with Crippen molar-refractivity contribution in [2.24, 2.45) is 11.8 Å². The lowest BCUT2D eigenvalue weighted by Gasteiger charge is -2.16. The summed E-state index contributed by atoms with van der Waals surface area (Å²) in [4.78, 5) is 9.87. The normalized spacial score (nSPS) is 15.8. The summed E-state index contributed by atoms with van der Waals surface area (Å²) in [5.41, 5.74) is 0. The van der Waals surface area contributed by atoms with Gasteiger partial charge in [0.15, 0.2) is 0 Å². The van der Waals surface area contributed by atoms with Crippen LogP contribution in [0.5, 0.6) is 0 Å². The highest BCUT2D eigenvalue weighted by Crippen LogP contribution is 2.17. The first-order valence-corrected chi connectivity index (χ1v) is 4.59. The lowest BCUT2D eigenvalue weighted by molar-refractivity contribution is 0.161. The molecule has 0 bridgehead atoms. The van der Waals surface area contributed by atoms with Crippen LogP contribution in [0.3, 0.4) is 0 Å². The number of rotatable bonds is 6. The van der Waals surface area contributed by atoms with E-state index >= 15 is 0 Å². The molecule has 0 heterocycles. The molecule has 0 spiro atoms. The van der Waals surface area contributed by atoms with Crippen LogP contribution in [0.15, 0.2) is 0 Å². The Hall–Kier alpha value is -0.530. The second kappa shape index (κ2) is 6.04. The topological polar surface area (TPSA) is 26.3 Å². The molecule has 2 nitrogen and oxygen atoms in total. The number of hydrogen-bond acceptors (Lipinski definition) is 2. The van der Waals surface area contributed by atoms with E-state index < -0.39 is 0 Å². The van der Waals surface area contributed by atoms with E-state index in [1.807, 2.05) is 6.92 Å². The molecule has 0 rings (SSSR count). The van der Waals surface area contributed by atoms with Crippen molar-refractivity contribution >= 4 is 6.47 Å². The van der Waals surface area contributed by atoms with Crippen LogP contribution in [0.4, 0.5) is 0 Å². The largest absolute Gasteiger partial charge is 0.454 e. The first kappa shape index (κ1) is 11.5. The van der Waals surface area contributed by atoms with Crippen molar-refractivity contribution in [3.63, 3.8) is 0 Å². The molecule has 0 saturated heterocycles. The molecule has 71 valence electrons. The van der Waals surface area contributed by atoms with E-state index in [0.29, 0.717) is 11.8 Å². The Morgan fingerprint density at radius 3 is 2.17 bits per heavy atom. The molecule has 0 aromatic heterocycles. The van der Waals surface area contributed by atoms with Crippen LogP contribution in [0.2, 0.25) is 0 Å². The van der Waals surface area contributed by atoms with Crippen molar-refractivity contribution in [1.29, 1.82) is 0 Å². The minimum Gasteiger partial charge on any atom is -0.454 e. The van der Waals surface area contributed by atoms with E-state index in [1.54, 1.807) is 0 Å². The van der Waals surface area contributed by atoms with Gasteiger partial charge < -0.3 is 4.74 Å². The summed E-state index contributed by atoms with van der Waals surface area (Å²) in [5, 5.41) is 0. The minimum absolute atomic E-state index is 0.0104. The van der Waals surface area contributed by atoms with Gasteiger partial charge in [0.2, 0.25) is 0 Å². The number of ether oxygens (including phenoxy) is 1. The van der Waals surface area contributed by atoms with E-state index in [0.717, 1.165) is 6.42 Å². The lowest BCUT2D eigenvalue weighted by atomic mass is 9.94. The second-order valence-electron chi connectivity index (χ2n) is 3.98. The highest BCUT2D eigenvalue weighted by Gasteiger charge is 2.10. The van der Waals surface area contributed by atoms with Gasteiger partial charge in [0, 0.05) is 0 Å². The smallest absolute Gasteiger partial charge is 0.417 e. The van der Waals surface area contributed by atoms with E-state index in [2.05, 4.69) is 25.5 Å². The number of carbonyl (C=O) groups excluding carboxylic acids is 1. The minimum atomic E-state index is 0.0104. The SMILES string of the molecule is CC(C)CC(C)CC(C)O[C]=O. The summed E-state index contributed by atoms with van der Waals surface area (Å²) in [6.45, 7) is 9.97. The molecule has 2 atom stereocenters. The van der Waals surface area contributed by atoms with Gasteiger partial charge in [0.05, 0.1) is 6.10 Å². The third-order valence-corrected chi connectivity index (χ3v) is 1.86. The Labute approximate surface area is 75.3 Å². The van der Waals surface area contributed by atoms with E-state index in [4.69, 9.17) is 0 Å². The molecular formula is C10H19O2. The zero-order valence-corrected chi connectivity index (χ0v) is 8.46. The molecule has 0 amide bonds. The lowest BCUT2D eigenvalue weighted by Crippen LogP contribution is -2.13. The van der Waals surface area contributed by atoms with Gasteiger partial charge in [-0.05, 0) is 31.6 Å². The molecule has 12 heavy (non-hydrogen) atoms. The van der Waals surface area contributed by atoms with Crippen LogP contribution in [-0.4, -0.2) is 12.6 Å². The molecular weight excluding hydrogens is 152 g/mol. The average Bonchev–Trinajstić information content (AvgIpc) is 1.84. The third kappa shape index (κ3) is 6.20. The molecule has 2 heteroatoms. The molecule has 1 radical (unpaired) electrons. The summed E-state index contributed by atoms with van der Waals surface area (Å²) >= 11 is 0. The van der Waals surface area contributed by atoms with Crippen molar-refractivity contribution in [3.8, 4) is 0 Å². The molecule has 0 saturated carbocycles. The second-order valence-corrected chi connectivity index (χ2v) is 3.98. The van der Waals surface area contributed by atoms with Gasteiger partial charge >= 0.3 is 6.47 Å². The molecule has 0 aromatic carbocycles. The van der Waals surface area contributed by atoms with Crippen LogP contribution in [0.1, 0.15) is 40.5 Å². The van der Waals surface area contributed by atoms with Crippen molar-refractivity contribution in [2.45, 2.75) is 46.6 Å². The van der Waals surface area contributed by atoms with E-state index in [1.165, 1.54) is 12.9 Å². The van der Waals surface area contributed by atoms with Gasteiger partial charge in [-0.25, -0.2) is 4.79 Å². The Morgan fingerprint density at radius 2 is 1.75 bits per heavy atom. The fourth-order valence-corrected chi connectivity index (χ4v) is 1.60. The van der Waals surface area contributed by atoms with Gasteiger partial charge in [0.25, 0.3) is 0 Å². The maximum absolute atomic E-state index is 9.87. The fraction of sp³-hybridized carbons (Fsp3) is 0.900. The zero-order chi connectivity index (χ0) is 9.56. The zero-order valence-electron chi connectivity index (χ0n) is 8.46. The summed E-state index contributed by atoms with van der Waals surface area (Å²) < 4.78 is 4.69. The van der Waals surface area contributed by atoms with E-state index in [9.17, 15) is 4.79 Å². The highest BCUT2D eigenvalue weighted by atomic mass is 16.5. The Kier molecular flexibility index (Phi) is 5.77. The van der Waals surface area contributed by atoms with Crippen molar-refractivity contribution in [3.05, 3.63) is 0 Å². The Bertz CT molecular complexity index is 121. The van der Waals surface area contributed by atoms with Gasteiger partial charge in [-0.3, -0.25) is 0 Å². The molecule has 2 unspecified atom stereocenters. The first-order valence-electron chi connectivity index (χ1n) is 4.59. The predicted molar refractivity (Wildman–Crippen MR) is 49.5 cm³/mol. The summed E-state index contributed by atoms with van der Waals surface area (Å²) in [6.07, 6.45) is 2.14. The molecule has 0 fully saturated rings. The maximum atomic E-state index is 9.87. The quantitative estimate of drug-likeness (QED) is 0.614. The van der Waals surface area contributed by atoms with Crippen LogP contribution in [-0.2, 0) is 9.53 Å². The van der Waals surface area contributed by atoms with Gasteiger partial charge in [-0.15, -0.1) is 0 Å². The van der Waals surface area contributed by atoms with Gasteiger partial charge in [0.1, 0.15) is 0 Å². The molecule has 0 aliphatic carbocycles. The first-order chi connectivity index (χ1) is 5.56. The van der Waals surface area contributed by atoms with Crippen LogP contribution < -0.4 is 0 Å². The summed E-state index contributed by atoms with van der Waals surface area (Å²) in [5.74, 6) is 1.33. The van der Waals surface area contributed by atoms with Crippen LogP contribution in [0, 0.1) is 11.8 Å². The fourth-order valence-electron chi connectivity index (χ4n) is 1.60. The third-order valence-electron chi connectivity index (χ3n) is 1.86. The standard InChI is InChI=1S/C10H19O2/c1-8(2)5-9(3)6-10(4)12-7-11/h8-10H,5-6H2,1-4H3. The molecule has 0 aliphatic heterocycles. The maximum Gasteiger partial charge on any atom is 0.417 e. The average molecular weight is 171 g/mol. The van der Waals surface area contributed by atoms with Gasteiger partial charge in [-0.2, -0.15) is 0 Å². The van der Waals surface area contributed by atoms with Crippen molar-refractivity contribution in [1.82, 2.24) is 0 Å². The Morgan fingerprint density at radius 1 is 1.17 bits per heavy atom. The van der Waals surface area contributed by atoms with E-state index in [-0.39, 0.29) is 6.10 Å².